The minimum Gasteiger partial charge on any atom is -0.352 e. The van der Waals surface area contributed by atoms with Crippen molar-refractivity contribution in [1.82, 2.24) is 15.1 Å². The molecule has 1 amide bonds. The topological polar surface area (TPSA) is 46.9 Å². The molecule has 1 aromatic carbocycles. The van der Waals surface area contributed by atoms with Crippen LogP contribution in [0.5, 0.6) is 0 Å². The Morgan fingerprint density at radius 3 is 2.71 bits per heavy atom. The molecule has 0 fully saturated rings. The number of hydrogen-bond acceptors (Lipinski definition) is 2. The highest BCUT2D eigenvalue weighted by atomic mass is 35.5. The average Bonchev–Trinajstić information content (AvgIpc) is 2.77. The number of nitrogens with one attached hydrogen (secondary N) is 1. The third-order valence-electron chi connectivity index (χ3n) is 3.38. The van der Waals surface area contributed by atoms with Crippen molar-refractivity contribution in [3.8, 4) is 0 Å². The number of rotatable bonds is 5. The van der Waals surface area contributed by atoms with E-state index < -0.39 is 0 Å². The Morgan fingerprint density at radius 1 is 1.38 bits per heavy atom. The molecule has 1 heterocycles. The van der Waals surface area contributed by atoms with Gasteiger partial charge in [0.15, 0.2) is 0 Å². The van der Waals surface area contributed by atoms with Gasteiger partial charge in [0.1, 0.15) is 0 Å². The number of amides is 1. The summed E-state index contributed by atoms with van der Waals surface area (Å²) in [6.45, 7) is 6.39. The minimum absolute atomic E-state index is 0.00465. The lowest BCUT2D eigenvalue weighted by Crippen LogP contribution is -2.26. The van der Waals surface area contributed by atoms with Crippen LogP contribution >= 0.6 is 11.6 Å². The summed E-state index contributed by atoms with van der Waals surface area (Å²) in [5.41, 5.74) is 2.96. The van der Waals surface area contributed by atoms with Crippen LogP contribution in [0.2, 0.25) is 5.02 Å². The Labute approximate surface area is 130 Å². The molecule has 2 aromatic rings. The largest absolute Gasteiger partial charge is 0.352 e. The molecule has 0 unspecified atom stereocenters. The van der Waals surface area contributed by atoms with Crippen LogP contribution in [0.25, 0.3) is 0 Å². The molecule has 21 heavy (non-hydrogen) atoms. The third-order valence-corrected chi connectivity index (χ3v) is 3.75. The standard InChI is InChI=1S/C16H20ClN3O/c1-11-8-12(2)20(19-11)13(3)9-16(21)18-10-14-6-4-5-7-15(14)17/h4-8,13H,9-10H2,1-3H3,(H,18,21)/t13-/m0/s1. The van der Waals surface area contributed by atoms with Gasteiger partial charge >= 0.3 is 0 Å². The number of aromatic nitrogens is 2. The van der Waals surface area contributed by atoms with E-state index in [1.165, 1.54) is 0 Å². The fourth-order valence-electron chi connectivity index (χ4n) is 2.35. The van der Waals surface area contributed by atoms with Crippen LogP contribution in [0, 0.1) is 13.8 Å². The second-order valence-electron chi connectivity index (χ2n) is 5.29. The van der Waals surface area contributed by atoms with Gasteiger partial charge in [-0.3, -0.25) is 9.48 Å². The molecule has 0 saturated heterocycles. The molecular formula is C16H20ClN3O. The molecule has 0 aliphatic heterocycles. The van der Waals surface area contributed by atoms with E-state index in [1.807, 2.05) is 55.8 Å². The van der Waals surface area contributed by atoms with Gasteiger partial charge in [-0.1, -0.05) is 29.8 Å². The predicted octanol–water partition coefficient (Wildman–Crippen LogP) is 3.42. The van der Waals surface area contributed by atoms with E-state index in [4.69, 9.17) is 11.6 Å². The Balaban J connectivity index is 1.90. The zero-order valence-electron chi connectivity index (χ0n) is 12.6. The molecular weight excluding hydrogens is 286 g/mol. The first-order valence-electron chi connectivity index (χ1n) is 7.00. The van der Waals surface area contributed by atoms with Crippen molar-refractivity contribution < 1.29 is 4.79 Å². The lowest BCUT2D eigenvalue weighted by Gasteiger charge is -2.14. The van der Waals surface area contributed by atoms with Crippen LogP contribution in [0.1, 0.15) is 36.3 Å². The molecule has 0 aliphatic carbocycles. The molecule has 1 atom stereocenters. The van der Waals surface area contributed by atoms with Crippen LogP contribution in [-0.2, 0) is 11.3 Å². The Kier molecular flexibility index (Phi) is 5.02. The number of halogens is 1. The molecule has 0 spiro atoms. The van der Waals surface area contributed by atoms with E-state index in [0.717, 1.165) is 17.0 Å². The minimum atomic E-state index is -0.00465. The summed E-state index contributed by atoms with van der Waals surface area (Å²) in [7, 11) is 0. The SMILES string of the molecule is Cc1cc(C)n([C@@H](C)CC(=O)NCc2ccccc2Cl)n1. The van der Waals surface area contributed by atoms with E-state index in [9.17, 15) is 4.79 Å². The van der Waals surface area contributed by atoms with Gasteiger partial charge in [0.05, 0.1) is 11.7 Å². The fraction of sp³-hybridized carbons (Fsp3) is 0.375. The van der Waals surface area contributed by atoms with Crippen LogP contribution in [0.3, 0.4) is 0 Å². The van der Waals surface area contributed by atoms with E-state index in [0.29, 0.717) is 18.0 Å². The highest BCUT2D eigenvalue weighted by Crippen LogP contribution is 2.16. The highest BCUT2D eigenvalue weighted by molar-refractivity contribution is 6.31. The maximum atomic E-state index is 12.0. The Morgan fingerprint density at radius 2 is 2.10 bits per heavy atom. The van der Waals surface area contributed by atoms with Gasteiger partial charge < -0.3 is 5.32 Å². The summed E-state index contributed by atoms with van der Waals surface area (Å²) < 4.78 is 1.89. The summed E-state index contributed by atoms with van der Waals surface area (Å²) in [5, 5.41) is 7.98. The molecule has 5 heteroatoms. The van der Waals surface area contributed by atoms with Crippen molar-refractivity contribution in [3.05, 3.63) is 52.3 Å². The predicted molar refractivity (Wildman–Crippen MR) is 84.3 cm³/mol. The summed E-state index contributed by atoms with van der Waals surface area (Å²) in [4.78, 5) is 12.0. The molecule has 0 bridgehead atoms. The first kappa shape index (κ1) is 15.6. The molecule has 0 saturated carbocycles. The zero-order valence-corrected chi connectivity index (χ0v) is 13.3. The van der Waals surface area contributed by atoms with Crippen LogP contribution < -0.4 is 5.32 Å². The van der Waals surface area contributed by atoms with Crippen LogP contribution in [-0.4, -0.2) is 15.7 Å². The summed E-state index contributed by atoms with van der Waals surface area (Å²) in [5.74, 6) is -0.00465. The number of carbonyl (C=O) groups excluding carboxylic acids is 1. The molecule has 0 aliphatic rings. The second kappa shape index (κ2) is 6.76. The smallest absolute Gasteiger partial charge is 0.222 e. The normalized spacial score (nSPS) is 12.2. The van der Waals surface area contributed by atoms with Gasteiger partial charge in [-0.2, -0.15) is 5.10 Å². The van der Waals surface area contributed by atoms with Gasteiger partial charge in [0.2, 0.25) is 5.91 Å². The van der Waals surface area contributed by atoms with E-state index in [2.05, 4.69) is 10.4 Å². The fourth-order valence-corrected chi connectivity index (χ4v) is 2.56. The van der Waals surface area contributed by atoms with Gasteiger partial charge in [0, 0.05) is 23.7 Å². The number of aryl methyl sites for hydroxylation is 2. The first-order chi connectivity index (χ1) is 9.97. The highest BCUT2D eigenvalue weighted by Gasteiger charge is 2.14. The maximum Gasteiger partial charge on any atom is 0.222 e. The van der Waals surface area contributed by atoms with Crippen molar-refractivity contribution in [3.63, 3.8) is 0 Å². The molecule has 1 aromatic heterocycles. The van der Waals surface area contributed by atoms with Gasteiger partial charge in [0.25, 0.3) is 0 Å². The lowest BCUT2D eigenvalue weighted by atomic mass is 10.2. The third kappa shape index (κ3) is 4.08. The quantitative estimate of drug-likeness (QED) is 0.920. The van der Waals surface area contributed by atoms with Crippen molar-refractivity contribution in [1.29, 1.82) is 0 Å². The van der Waals surface area contributed by atoms with Crippen molar-refractivity contribution in [2.24, 2.45) is 0 Å². The summed E-state index contributed by atoms with van der Waals surface area (Å²) in [6.07, 6.45) is 0.395. The van der Waals surface area contributed by atoms with Gasteiger partial charge in [-0.15, -0.1) is 0 Å². The van der Waals surface area contributed by atoms with Crippen LogP contribution in [0.15, 0.2) is 30.3 Å². The molecule has 4 nitrogen and oxygen atoms in total. The number of benzene rings is 1. The number of hydrogen-bond donors (Lipinski definition) is 1. The summed E-state index contributed by atoms with van der Waals surface area (Å²) in [6, 6.07) is 9.56. The zero-order chi connectivity index (χ0) is 15.4. The average molecular weight is 306 g/mol. The number of nitrogens with zero attached hydrogens (tertiary/aromatic N) is 2. The van der Waals surface area contributed by atoms with E-state index in [-0.39, 0.29) is 11.9 Å². The summed E-state index contributed by atoms with van der Waals surface area (Å²) >= 11 is 6.07. The molecule has 2 rings (SSSR count). The van der Waals surface area contributed by atoms with Crippen molar-refractivity contribution in [2.45, 2.75) is 39.8 Å². The molecule has 112 valence electrons. The number of carbonyl (C=O) groups is 1. The maximum absolute atomic E-state index is 12.0. The van der Waals surface area contributed by atoms with Gasteiger partial charge in [-0.05, 0) is 38.5 Å². The lowest BCUT2D eigenvalue weighted by molar-refractivity contribution is -0.122. The Hall–Kier alpha value is -1.81. The van der Waals surface area contributed by atoms with E-state index >= 15 is 0 Å². The molecule has 1 N–H and O–H groups in total. The van der Waals surface area contributed by atoms with E-state index in [1.54, 1.807) is 0 Å². The van der Waals surface area contributed by atoms with Gasteiger partial charge in [-0.25, -0.2) is 0 Å². The monoisotopic (exact) mass is 305 g/mol. The molecule has 0 radical (unpaired) electrons. The first-order valence-corrected chi connectivity index (χ1v) is 7.38. The van der Waals surface area contributed by atoms with Crippen LogP contribution in [0.4, 0.5) is 0 Å². The van der Waals surface area contributed by atoms with Crippen molar-refractivity contribution >= 4 is 17.5 Å². The van der Waals surface area contributed by atoms with Crippen molar-refractivity contribution in [2.75, 3.05) is 0 Å². The second-order valence-corrected chi connectivity index (χ2v) is 5.70. The Bertz CT molecular complexity index is 636.